The fraction of sp³-hybridized carbons (Fsp3) is 0.571. The van der Waals surface area contributed by atoms with Crippen LogP contribution < -0.4 is 5.56 Å². The van der Waals surface area contributed by atoms with Crippen LogP contribution in [0.1, 0.15) is 54.8 Å². The van der Waals surface area contributed by atoms with E-state index in [4.69, 9.17) is 14.3 Å². The summed E-state index contributed by atoms with van der Waals surface area (Å²) in [5.74, 6) is 4.39. The highest BCUT2D eigenvalue weighted by Crippen LogP contribution is 2.32. The van der Waals surface area contributed by atoms with E-state index in [2.05, 4.69) is 21.8 Å². The normalized spacial score (nSPS) is 23.9. The first-order valence-electron chi connectivity index (χ1n) is 10.4. The van der Waals surface area contributed by atoms with Crippen LogP contribution in [-0.2, 0) is 11.3 Å². The van der Waals surface area contributed by atoms with Crippen molar-refractivity contribution in [1.29, 1.82) is 0 Å². The number of H-pyrrole nitrogens is 1. The number of imidazole rings is 1. The van der Waals surface area contributed by atoms with Crippen molar-refractivity contribution in [1.82, 2.24) is 24.5 Å². The molecule has 29 heavy (non-hydrogen) atoms. The van der Waals surface area contributed by atoms with Gasteiger partial charge >= 0.3 is 0 Å². The van der Waals surface area contributed by atoms with Crippen LogP contribution in [0.4, 0.5) is 0 Å². The Labute approximate surface area is 168 Å². The number of hydrogen-bond donors (Lipinski definition) is 1. The SMILES string of the molecule is Cc1ccc(CN2CC(C)C(c3nn4c(C5CCOCC5)ncc4c(=O)[nH]3)C2)o1. The summed E-state index contributed by atoms with van der Waals surface area (Å²) in [4.78, 5) is 22.7. The van der Waals surface area contributed by atoms with E-state index in [0.717, 1.165) is 68.9 Å². The van der Waals surface area contributed by atoms with Crippen LogP contribution in [0, 0.1) is 12.8 Å². The maximum Gasteiger partial charge on any atom is 0.276 e. The molecule has 0 aliphatic carbocycles. The van der Waals surface area contributed by atoms with Crippen molar-refractivity contribution in [3.8, 4) is 0 Å². The zero-order valence-corrected chi connectivity index (χ0v) is 16.9. The lowest BCUT2D eigenvalue weighted by Crippen LogP contribution is -2.24. The van der Waals surface area contributed by atoms with E-state index in [1.165, 1.54) is 0 Å². The fourth-order valence-corrected chi connectivity index (χ4v) is 4.68. The third-order valence-electron chi connectivity index (χ3n) is 6.25. The Morgan fingerprint density at radius 2 is 2.07 bits per heavy atom. The molecule has 2 fully saturated rings. The van der Waals surface area contributed by atoms with Gasteiger partial charge in [-0.1, -0.05) is 6.92 Å². The Morgan fingerprint density at radius 3 is 2.83 bits per heavy atom. The Kier molecular flexibility index (Phi) is 4.75. The maximum absolute atomic E-state index is 12.7. The summed E-state index contributed by atoms with van der Waals surface area (Å²) in [5, 5.41) is 4.86. The number of fused-ring (bicyclic) bond motifs is 1. The van der Waals surface area contributed by atoms with Gasteiger partial charge in [0, 0.05) is 38.1 Å². The van der Waals surface area contributed by atoms with Gasteiger partial charge in [0.2, 0.25) is 0 Å². The molecule has 2 atom stereocenters. The van der Waals surface area contributed by atoms with Gasteiger partial charge in [0.05, 0.1) is 12.7 Å². The van der Waals surface area contributed by atoms with E-state index in [0.29, 0.717) is 11.4 Å². The minimum Gasteiger partial charge on any atom is -0.465 e. The topological polar surface area (TPSA) is 88.7 Å². The molecule has 154 valence electrons. The zero-order valence-electron chi connectivity index (χ0n) is 16.9. The van der Waals surface area contributed by atoms with Crippen molar-refractivity contribution in [3.63, 3.8) is 0 Å². The highest BCUT2D eigenvalue weighted by atomic mass is 16.5. The molecule has 2 aliphatic rings. The summed E-state index contributed by atoms with van der Waals surface area (Å²) < 4.78 is 13.0. The van der Waals surface area contributed by atoms with Crippen LogP contribution in [-0.4, -0.2) is 50.8 Å². The smallest absolute Gasteiger partial charge is 0.276 e. The quantitative estimate of drug-likeness (QED) is 0.727. The lowest BCUT2D eigenvalue weighted by Gasteiger charge is -2.21. The van der Waals surface area contributed by atoms with E-state index in [1.54, 1.807) is 10.7 Å². The number of aromatic nitrogens is 4. The lowest BCUT2D eigenvalue weighted by molar-refractivity contribution is 0.0832. The summed E-state index contributed by atoms with van der Waals surface area (Å²) in [5.41, 5.74) is 0.400. The van der Waals surface area contributed by atoms with Gasteiger partial charge in [-0.2, -0.15) is 5.10 Å². The minimum absolute atomic E-state index is 0.117. The molecule has 3 aromatic rings. The molecule has 0 saturated carbocycles. The molecule has 8 heteroatoms. The molecule has 0 aromatic carbocycles. The van der Waals surface area contributed by atoms with Crippen molar-refractivity contribution in [2.24, 2.45) is 5.92 Å². The molecule has 2 aliphatic heterocycles. The number of ether oxygens (including phenoxy) is 1. The van der Waals surface area contributed by atoms with E-state index in [9.17, 15) is 4.79 Å². The lowest BCUT2D eigenvalue weighted by atomic mass is 9.97. The molecule has 5 rings (SSSR count). The highest BCUT2D eigenvalue weighted by molar-refractivity contribution is 5.42. The van der Waals surface area contributed by atoms with Crippen molar-refractivity contribution >= 4 is 5.52 Å². The van der Waals surface area contributed by atoms with Crippen molar-refractivity contribution in [2.45, 2.75) is 45.1 Å². The van der Waals surface area contributed by atoms with Gasteiger partial charge in [0.1, 0.15) is 23.2 Å². The van der Waals surface area contributed by atoms with E-state index < -0.39 is 0 Å². The number of aromatic amines is 1. The van der Waals surface area contributed by atoms with Crippen molar-refractivity contribution in [2.75, 3.05) is 26.3 Å². The van der Waals surface area contributed by atoms with Gasteiger partial charge in [-0.05, 0) is 37.8 Å². The molecule has 0 radical (unpaired) electrons. The van der Waals surface area contributed by atoms with Crippen LogP contribution in [0.15, 0.2) is 27.5 Å². The van der Waals surface area contributed by atoms with Gasteiger partial charge in [0.25, 0.3) is 5.56 Å². The number of rotatable bonds is 4. The molecule has 2 saturated heterocycles. The van der Waals surface area contributed by atoms with E-state index >= 15 is 0 Å². The first-order valence-corrected chi connectivity index (χ1v) is 10.4. The first kappa shape index (κ1) is 18.6. The summed E-state index contributed by atoms with van der Waals surface area (Å²) >= 11 is 0. The van der Waals surface area contributed by atoms with Crippen LogP contribution >= 0.6 is 0 Å². The third-order valence-corrected chi connectivity index (χ3v) is 6.25. The molecule has 1 N–H and O–H groups in total. The van der Waals surface area contributed by atoms with Gasteiger partial charge < -0.3 is 14.1 Å². The molecule has 0 amide bonds. The molecule has 3 aromatic heterocycles. The Balaban J connectivity index is 1.42. The van der Waals surface area contributed by atoms with E-state index in [-0.39, 0.29) is 17.4 Å². The summed E-state index contributed by atoms with van der Waals surface area (Å²) in [6, 6.07) is 4.03. The number of likely N-dealkylation sites (tertiary alicyclic amines) is 1. The minimum atomic E-state index is -0.117. The van der Waals surface area contributed by atoms with Gasteiger partial charge in [-0.3, -0.25) is 9.69 Å². The second kappa shape index (κ2) is 7.42. The second-order valence-corrected chi connectivity index (χ2v) is 8.43. The Morgan fingerprint density at radius 1 is 1.24 bits per heavy atom. The summed E-state index contributed by atoms with van der Waals surface area (Å²) in [6.45, 7) is 8.21. The molecular formula is C21H27N5O3. The van der Waals surface area contributed by atoms with Crippen molar-refractivity contribution < 1.29 is 9.15 Å². The Hall–Kier alpha value is -2.45. The maximum atomic E-state index is 12.7. The highest BCUT2D eigenvalue weighted by Gasteiger charge is 2.34. The molecular weight excluding hydrogens is 370 g/mol. The predicted molar refractivity (Wildman–Crippen MR) is 107 cm³/mol. The average Bonchev–Trinajstić information content (AvgIpc) is 3.41. The summed E-state index contributed by atoms with van der Waals surface area (Å²) in [7, 11) is 0. The number of nitrogens with one attached hydrogen (secondary N) is 1. The predicted octanol–water partition coefficient (Wildman–Crippen LogP) is 2.45. The zero-order chi connectivity index (χ0) is 20.0. The number of furan rings is 1. The van der Waals surface area contributed by atoms with Gasteiger partial charge in [0.15, 0.2) is 5.52 Å². The monoisotopic (exact) mass is 397 g/mol. The molecule has 2 unspecified atom stereocenters. The van der Waals surface area contributed by atoms with E-state index in [1.807, 2.05) is 19.1 Å². The fourth-order valence-electron chi connectivity index (χ4n) is 4.68. The molecule has 5 heterocycles. The average molecular weight is 397 g/mol. The third kappa shape index (κ3) is 3.51. The van der Waals surface area contributed by atoms with Crippen molar-refractivity contribution in [3.05, 3.63) is 51.9 Å². The second-order valence-electron chi connectivity index (χ2n) is 8.43. The number of aryl methyl sites for hydroxylation is 1. The Bertz CT molecular complexity index is 1060. The van der Waals surface area contributed by atoms with Gasteiger partial charge in [-0.25, -0.2) is 9.50 Å². The number of nitrogens with zero attached hydrogens (tertiary/aromatic N) is 4. The van der Waals surface area contributed by atoms with Crippen LogP contribution in [0.5, 0.6) is 0 Å². The van der Waals surface area contributed by atoms with Gasteiger partial charge in [-0.15, -0.1) is 0 Å². The molecule has 0 spiro atoms. The molecule has 0 bridgehead atoms. The largest absolute Gasteiger partial charge is 0.465 e. The molecule has 8 nitrogen and oxygen atoms in total. The van der Waals surface area contributed by atoms with Crippen LogP contribution in [0.2, 0.25) is 0 Å². The summed E-state index contributed by atoms with van der Waals surface area (Å²) in [6.07, 6.45) is 3.47. The number of hydrogen-bond acceptors (Lipinski definition) is 6. The van der Waals surface area contributed by atoms with Crippen LogP contribution in [0.25, 0.3) is 5.52 Å². The first-order chi connectivity index (χ1) is 14.1. The van der Waals surface area contributed by atoms with Crippen LogP contribution in [0.3, 0.4) is 0 Å². The standard InChI is InChI=1S/C21H27N5O3/c1-13-10-25(11-16-4-3-14(2)29-16)12-17(13)19-23-21(27)18-9-22-20(26(18)24-19)15-5-7-28-8-6-15/h3-4,9,13,15,17H,5-8,10-12H2,1-2H3,(H,23,24,27).